The molecule has 0 aromatic rings. The van der Waals surface area contributed by atoms with Gasteiger partial charge in [0.2, 0.25) is 5.91 Å². The Balaban J connectivity index is -0.00000201. The quantitative estimate of drug-likeness (QED) is 0.315. The fourth-order valence-electron chi connectivity index (χ4n) is 2.74. The van der Waals surface area contributed by atoms with Crippen molar-refractivity contribution in [1.29, 1.82) is 0 Å². The number of ketones is 1. The van der Waals surface area contributed by atoms with Crippen LogP contribution in [0.3, 0.4) is 0 Å². The van der Waals surface area contributed by atoms with E-state index >= 15 is 0 Å². The number of hydrogen-bond donors (Lipinski definition) is 1. The zero-order chi connectivity index (χ0) is 21.1. The molecule has 5 nitrogen and oxygen atoms in total. The summed E-state index contributed by atoms with van der Waals surface area (Å²) in [6.45, 7) is 10.0. The third kappa shape index (κ3) is 18.3. The van der Waals surface area contributed by atoms with E-state index in [1.54, 1.807) is 6.92 Å². The van der Waals surface area contributed by atoms with Gasteiger partial charge in [-0.1, -0.05) is 19.3 Å². The molecule has 0 aliphatic carbocycles. The number of likely N-dealkylation sites (N-methyl/N-ethyl adjacent to an activating group) is 1. The maximum Gasteiger partial charge on any atom is 0.237 e. The molecule has 0 spiro atoms. The number of nitrogens with one attached hydrogen (secondary N) is 1. The second-order valence-electron chi connectivity index (χ2n) is 7.11. The topological polar surface area (TPSA) is 52.7 Å². The Morgan fingerprint density at radius 2 is 1.59 bits per heavy atom. The molecule has 27 heavy (non-hydrogen) atoms. The van der Waals surface area contributed by atoms with Gasteiger partial charge in [-0.05, 0) is 72.4 Å². The molecule has 0 aliphatic rings. The second kappa shape index (κ2) is 19.9. The summed E-state index contributed by atoms with van der Waals surface area (Å²) < 4.78 is 0. The van der Waals surface area contributed by atoms with Crippen LogP contribution in [0.25, 0.3) is 0 Å². The number of Topliss-reactive ketones (excluding diaryl/α,β-unsaturated/α-hetero) is 1. The van der Waals surface area contributed by atoms with Crippen LogP contribution >= 0.6 is 11.8 Å². The lowest BCUT2D eigenvalue weighted by molar-refractivity contribution is -0.129. The van der Waals surface area contributed by atoms with Gasteiger partial charge in [0.25, 0.3) is 0 Å². The highest BCUT2D eigenvalue weighted by Gasteiger charge is 2.24. The summed E-state index contributed by atoms with van der Waals surface area (Å²) in [6, 6.07) is -0.339. The molecular weight excluding hydrogens is 358 g/mol. The van der Waals surface area contributed by atoms with Crippen LogP contribution in [0.4, 0.5) is 0 Å². The Morgan fingerprint density at radius 3 is 2.15 bits per heavy atom. The van der Waals surface area contributed by atoms with Crippen LogP contribution in [-0.4, -0.2) is 80.3 Å². The van der Waals surface area contributed by atoms with Crippen molar-refractivity contribution in [3.8, 4) is 0 Å². The molecule has 1 unspecified atom stereocenters. The van der Waals surface area contributed by atoms with Gasteiger partial charge in [0, 0.05) is 14.4 Å². The monoisotopic (exact) mass is 403 g/mol. The Kier molecular flexibility index (Phi) is 20.9. The summed E-state index contributed by atoms with van der Waals surface area (Å²) in [5.74, 6) is 1.29. The van der Waals surface area contributed by atoms with Gasteiger partial charge in [-0.25, -0.2) is 0 Å². The average Bonchev–Trinajstić information content (AvgIpc) is 2.63. The minimum absolute atomic E-state index is 0. The van der Waals surface area contributed by atoms with E-state index in [0.29, 0.717) is 13.0 Å². The van der Waals surface area contributed by atoms with Crippen molar-refractivity contribution in [3.05, 3.63) is 13.2 Å². The molecule has 0 rings (SSSR count). The SMILES string of the molecule is C=C.CSCCCCCCCN(C)C(CC(C)=O)C(=O)NCCCN(C)C.[HH]. The number of carbonyl (C=O) groups excluding carboxylic acids is 2. The molecule has 0 bridgehead atoms. The van der Waals surface area contributed by atoms with Crippen molar-refractivity contribution < 1.29 is 11.0 Å². The van der Waals surface area contributed by atoms with Crippen LogP contribution in [0.15, 0.2) is 13.2 Å². The minimum atomic E-state index is -0.339. The highest BCUT2D eigenvalue weighted by atomic mass is 32.2. The number of unbranched alkanes of at least 4 members (excludes halogenated alkanes) is 4. The standard InChI is InChI=1S/C19H39N3O2S.C2H4.H2/c1-17(23)16-18(19(24)20-12-11-13-21(2)3)22(4)14-9-7-6-8-10-15-25-5;1-2;/h18H,6-16H2,1-5H3,(H,20,24);1-2H2;1H. The van der Waals surface area contributed by atoms with Gasteiger partial charge in [0.15, 0.2) is 0 Å². The predicted octanol–water partition coefficient (Wildman–Crippen LogP) is 3.70. The molecule has 0 radical (unpaired) electrons. The summed E-state index contributed by atoms with van der Waals surface area (Å²) in [7, 11) is 6.01. The molecule has 0 heterocycles. The molecule has 0 aromatic heterocycles. The number of nitrogens with zero attached hydrogens (tertiary/aromatic N) is 2. The summed E-state index contributed by atoms with van der Waals surface area (Å²) in [6.07, 6.45) is 9.47. The summed E-state index contributed by atoms with van der Waals surface area (Å²) in [5, 5.41) is 2.99. The molecule has 6 heteroatoms. The lowest BCUT2D eigenvalue weighted by Gasteiger charge is -2.26. The molecule has 0 fully saturated rings. The first-order valence-electron chi connectivity index (χ1n) is 9.99. The van der Waals surface area contributed by atoms with Crippen molar-refractivity contribution in [1.82, 2.24) is 15.1 Å². The zero-order valence-corrected chi connectivity index (χ0v) is 19.2. The Hall–Kier alpha value is -0.850. The third-order valence-corrected chi connectivity index (χ3v) is 4.95. The highest BCUT2D eigenvalue weighted by molar-refractivity contribution is 7.98. The average molecular weight is 404 g/mol. The molecular formula is C21H45N3O2S. The first-order chi connectivity index (χ1) is 12.9. The van der Waals surface area contributed by atoms with Crippen molar-refractivity contribution in [2.24, 2.45) is 0 Å². The van der Waals surface area contributed by atoms with E-state index in [9.17, 15) is 9.59 Å². The zero-order valence-electron chi connectivity index (χ0n) is 18.4. The van der Waals surface area contributed by atoms with Crippen molar-refractivity contribution >= 4 is 23.5 Å². The lowest BCUT2D eigenvalue weighted by atomic mass is 10.1. The molecule has 1 N–H and O–H groups in total. The van der Waals surface area contributed by atoms with Gasteiger partial charge in [0.1, 0.15) is 5.78 Å². The summed E-state index contributed by atoms with van der Waals surface area (Å²) >= 11 is 1.91. The smallest absolute Gasteiger partial charge is 0.237 e. The number of hydrogen-bond acceptors (Lipinski definition) is 5. The van der Waals surface area contributed by atoms with Crippen molar-refractivity contribution in [2.75, 3.05) is 52.8 Å². The molecule has 1 atom stereocenters. The molecule has 0 saturated heterocycles. The second-order valence-corrected chi connectivity index (χ2v) is 8.10. The Labute approximate surface area is 173 Å². The van der Waals surface area contributed by atoms with E-state index in [2.05, 4.69) is 29.6 Å². The van der Waals surface area contributed by atoms with Crippen molar-refractivity contribution in [3.63, 3.8) is 0 Å². The fraction of sp³-hybridized carbons (Fsp3) is 0.810. The van der Waals surface area contributed by atoms with Gasteiger partial charge in [-0.3, -0.25) is 14.5 Å². The van der Waals surface area contributed by atoms with E-state index in [0.717, 1.165) is 25.9 Å². The van der Waals surface area contributed by atoms with Crippen LogP contribution in [-0.2, 0) is 9.59 Å². The molecule has 0 saturated carbocycles. The van der Waals surface area contributed by atoms with Crippen LogP contribution in [0.5, 0.6) is 0 Å². The van der Waals surface area contributed by atoms with Gasteiger partial charge >= 0.3 is 0 Å². The molecule has 0 aromatic carbocycles. The van der Waals surface area contributed by atoms with Crippen LogP contribution in [0.1, 0.15) is 53.3 Å². The number of amides is 1. The maximum absolute atomic E-state index is 12.5. The van der Waals surface area contributed by atoms with E-state index in [-0.39, 0.29) is 19.2 Å². The van der Waals surface area contributed by atoms with Crippen LogP contribution in [0, 0.1) is 0 Å². The van der Waals surface area contributed by atoms with Crippen molar-refractivity contribution in [2.45, 2.75) is 57.9 Å². The fourth-order valence-corrected chi connectivity index (χ4v) is 3.23. The Bertz CT molecular complexity index is 385. The van der Waals surface area contributed by atoms with E-state index in [4.69, 9.17) is 0 Å². The lowest BCUT2D eigenvalue weighted by Crippen LogP contribution is -2.47. The van der Waals surface area contributed by atoms with Gasteiger partial charge < -0.3 is 10.2 Å². The maximum atomic E-state index is 12.5. The summed E-state index contributed by atoms with van der Waals surface area (Å²) in [5.41, 5.74) is 0. The number of thioether (sulfide) groups is 1. The predicted molar refractivity (Wildman–Crippen MR) is 123 cm³/mol. The molecule has 162 valence electrons. The third-order valence-electron chi connectivity index (χ3n) is 4.26. The van der Waals surface area contributed by atoms with Gasteiger partial charge in [-0.2, -0.15) is 11.8 Å². The Morgan fingerprint density at radius 1 is 1.00 bits per heavy atom. The van der Waals surface area contributed by atoms with Gasteiger partial charge in [-0.15, -0.1) is 13.2 Å². The van der Waals surface area contributed by atoms with E-state index in [1.807, 2.05) is 37.8 Å². The number of rotatable bonds is 16. The van der Waals surface area contributed by atoms with E-state index in [1.165, 1.54) is 31.4 Å². The first-order valence-corrected chi connectivity index (χ1v) is 11.4. The minimum Gasteiger partial charge on any atom is -0.355 e. The van der Waals surface area contributed by atoms with Crippen LogP contribution in [0.2, 0.25) is 0 Å². The largest absolute Gasteiger partial charge is 0.355 e. The van der Waals surface area contributed by atoms with E-state index < -0.39 is 0 Å². The van der Waals surface area contributed by atoms with Crippen LogP contribution < -0.4 is 5.32 Å². The normalized spacial score (nSPS) is 11.8. The molecule has 0 aliphatic heterocycles. The highest BCUT2D eigenvalue weighted by Crippen LogP contribution is 2.09. The first kappa shape index (κ1) is 28.4. The molecule has 1 amide bonds. The number of carbonyl (C=O) groups is 2. The summed E-state index contributed by atoms with van der Waals surface area (Å²) in [4.78, 5) is 28.1. The van der Waals surface area contributed by atoms with Gasteiger partial charge in [0.05, 0.1) is 6.04 Å².